The van der Waals surface area contributed by atoms with Gasteiger partial charge >= 0.3 is 0 Å². The number of hydrogen-bond acceptors (Lipinski definition) is 2. The first-order chi connectivity index (χ1) is 16.4. The minimum Gasteiger partial charge on any atom is -0.150 e. The Morgan fingerprint density at radius 2 is 0.879 bits per heavy atom. The van der Waals surface area contributed by atoms with Gasteiger partial charge in [-0.3, -0.25) is 0 Å². The third-order valence-corrected chi connectivity index (χ3v) is 5.88. The molecule has 33 heavy (non-hydrogen) atoms. The molecule has 0 fully saturated rings. The Labute approximate surface area is 192 Å². The third kappa shape index (κ3) is 3.50. The Bertz CT molecular complexity index is 1520. The minimum absolute atomic E-state index is 0.892. The normalized spacial score (nSPS) is 11.0. The molecule has 6 aromatic rings. The van der Waals surface area contributed by atoms with Crippen LogP contribution in [0.3, 0.4) is 0 Å². The Kier molecular flexibility index (Phi) is 4.78. The number of fused-ring (bicyclic) bond motifs is 1. The van der Waals surface area contributed by atoms with Crippen molar-refractivity contribution in [3.05, 3.63) is 127 Å². The molecular formula is C30H21N3. The lowest BCUT2D eigenvalue weighted by molar-refractivity contribution is 0.766. The van der Waals surface area contributed by atoms with Crippen molar-refractivity contribution < 1.29 is 0 Å². The molecule has 0 spiro atoms. The van der Waals surface area contributed by atoms with Crippen LogP contribution in [0.4, 0.5) is 0 Å². The summed E-state index contributed by atoms with van der Waals surface area (Å²) in [7, 11) is 0. The molecule has 0 aliphatic carbocycles. The molecule has 156 valence electrons. The maximum Gasteiger partial charge on any atom is 0.122 e. The largest absolute Gasteiger partial charge is 0.150 e. The van der Waals surface area contributed by atoms with Crippen LogP contribution in [0.1, 0.15) is 0 Å². The van der Waals surface area contributed by atoms with Gasteiger partial charge in [0.2, 0.25) is 0 Å². The fourth-order valence-corrected chi connectivity index (χ4v) is 4.33. The third-order valence-electron chi connectivity index (χ3n) is 5.88. The number of benzene rings is 5. The summed E-state index contributed by atoms with van der Waals surface area (Å²) in [6.07, 6.45) is 0. The van der Waals surface area contributed by atoms with Crippen LogP contribution in [0.2, 0.25) is 0 Å². The molecule has 1 heterocycles. The molecular weight excluding hydrogens is 402 g/mol. The monoisotopic (exact) mass is 423 g/mol. The minimum atomic E-state index is 0.892. The zero-order chi connectivity index (χ0) is 22.0. The van der Waals surface area contributed by atoms with Crippen molar-refractivity contribution in [1.82, 2.24) is 15.0 Å². The molecule has 3 nitrogen and oxygen atoms in total. The summed E-state index contributed by atoms with van der Waals surface area (Å²) >= 11 is 0. The maximum absolute atomic E-state index is 5.04. The van der Waals surface area contributed by atoms with Crippen LogP contribution in [0.25, 0.3) is 50.1 Å². The highest BCUT2D eigenvalue weighted by molar-refractivity contribution is 6.07. The quantitative estimate of drug-likeness (QED) is 0.295. The van der Waals surface area contributed by atoms with E-state index >= 15 is 0 Å². The van der Waals surface area contributed by atoms with Gasteiger partial charge in [0, 0.05) is 11.1 Å². The van der Waals surface area contributed by atoms with Gasteiger partial charge in [-0.15, -0.1) is 10.2 Å². The molecule has 0 saturated carbocycles. The lowest BCUT2D eigenvalue weighted by Crippen LogP contribution is -1.97. The molecule has 0 N–H and O–H groups in total. The number of hydrogen-bond donors (Lipinski definition) is 0. The first-order valence-electron chi connectivity index (χ1n) is 11.0. The average Bonchev–Trinajstić information content (AvgIpc) is 3.35. The second-order valence-electron chi connectivity index (χ2n) is 7.97. The van der Waals surface area contributed by atoms with Crippen molar-refractivity contribution in [3.63, 3.8) is 0 Å². The van der Waals surface area contributed by atoms with E-state index in [0.29, 0.717) is 0 Å². The van der Waals surface area contributed by atoms with E-state index in [1.54, 1.807) is 4.80 Å². The highest BCUT2D eigenvalue weighted by atomic mass is 15.5. The van der Waals surface area contributed by atoms with Crippen LogP contribution >= 0.6 is 0 Å². The fraction of sp³-hybridized carbons (Fsp3) is 0. The average molecular weight is 424 g/mol. The van der Waals surface area contributed by atoms with Crippen molar-refractivity contribution in [1.29, 1.82) is 0 Å². The molecule has 0 bridgehead atoms. The van der Waals surface area contributed by atoms with Crippen LogP contribution < -0.4 is 0 Å². The van der Waals surface area contributed by atoms with E-state index in [4.69, 9.17) is 10.2 Å². The Hall–Kier alpha value is -4.50. The second kappa shape index (κ2) is 8.21. The highest BCUT2D eigenvalue weighted by Crippen LogP contribution is 2.41. The van der Waals surface area contributed by atoms with Gasteiger partial charge in [0.15, 0.2) is 0 Å². The van der Waals surface area contributed by atoms with E-state index in [-0.39, 0.29) is 0 Å². The number of rotatable bonds is 4. The lowest BCUT2D eigenvalue weighted by atomic mass is 9.89. The molecule has 5 aromatic carbocycles. The van der Waals surface area contributed by atoms with Crippen molar-refractivity contribution >= 4 is 11.0 Å². The Balaban J connectivity index is 1.75. The van der Waals surface area contributed by atoms with E-state index in [0.717, 1.165) is 50.1 Å². The molecule has 0 atom stereocenters. The number of nitrogens with zero attached hydrogens (tertiary/aromatic N) is 3. The predicted molar refractivity (Wildman–Crippen MR) is 135 cm³/mol. The van der Waals surface area contributed by atoms with Gasteiger partial charge in [-0.2, -0.15) is 4.80 Å². The fourth-order valence-electron chi connectivity index (χ4n) is 4.33. The smallest absolute Gasteiger partial charge is 0.122 e. The number of aromatic nitrogens is 3. The van der Waals surface area contributed by atoms with Crippen molar-refractivity contribution in [2.75, 3.05) is 0 Å². The molecule has 0 radical (unpaired) electrons. The SMILES string of the molecule is c1ccc(-c2cc(-c3ccccc3)c3nn(-c4ccccc4)nc3c2-c2ccccc2)cc1. The van der Waals surface area contributed by atoms with Crippen LogP contribution in [0.15, 0.2) is 127 Å². The zero-order valence-corrected chi connectivity index (χ0v) is 18.0. The number of para-hydroxylation sites is 1. The first kappa shape index (κ1) is 19.2. The maximum atomic E-state index is 5.04. The van der Waals surface area contributed by atoms with Crippen LogP contribution in [0.5, 0.6) is 0 Å². The molecule has 0 amide bonds. The molecule has 0 saturated heterocycles. The zero-order valence-electron chi connectivity index (χ0n) is 18.0. The topological polar surface area (TPSA) is 30.7 Å². The van der Waals surface area contributed by atoms with Gasteiger partial charge in [-0.25, -0.2) is 0 Å². The van der Waals surface area contributed by atoms with Gasteiger partial charge < -0.3 is 0 Å². The van der Waals surface area contributed by atoms with E-state index in [1.165, 1.54) is 0 Å². The van der Waals surface area contributed by atoms with Gasteiger partial charge in [-0.1, -0.05) is 109 Å². The summed E-state index contributed by atoms with van der Waals surface area (Å²) in [5, 5.41) is 10.0. The van der Waals surface area contributed by atoms with Crippen LogP contribution in [0, 0.1) is 0 Å². The highest BCUT2D eigenvalue weighted by Gasteiger charge is 2.20. The standard InChI is InChI=1S/C30H21N3/c1-5-13-22(14-6-1)26-21-27(23-15-7-2-8-16-23)29-30(28(26)24-17-9-3-10-18-24)32-33(31-29)25-19-11-4-12-20-25/h1-21H. The summed E-state index contributed by atoms with van der Waals surface area (Å²) in [4.78, 5) is 1.75. The molecule has 0 aliphatic heterocycles. The van der Waals surface area contributed by atoms with Gasteiger partial charge in [0.05, 0.1) is 5.69 Å². The molecule has 6 rings (SSSR count). The van der Waals surface area contributed by atoms with E-state index in [9.17, 15) is 0 Å². The Morgan fingerprint density at radius 1 is 0.424 bits per heavy atom. The van der Waals surface area contributed by atoms with Crippen molar-refractivity contribution in [2.45, 2.75) is 0 Å². The predicted octanol–water partition coefficient (Wildman–Crippen LogP) is 7.42. The van der Waals surface area contributed by atoms with Crippen molar-refractivity contribution in [2.24, 2.45) is 0 Å². The van der Waals surface area contributed by atoms with Crippen molar-refractivity contribution in [3.8, 4) is 39.1 Å². The second-order valence-corrected chi connectivity index (χ2v) is 7.97. The van der Waals surface area contributed by atoms with Crippen LogP contribution in [-0.4, -0.2) is 15.0 Å². The summed E-state index contributed by atoms with van der Waals surface area (Å²) < 4.78 is 0. The summed E-state index contributed by atoms with van der Waals surface area (Å²) in [5.74, 6) is 0. The van der Waals surface area contributed by atoms with Crippen LogP contribution in [-0.2, 0) is 0 Å². The first-order valence-corrected chi connectivity index (χ1v) is 11.0. The molecule has 0 unspecified atom stereocenters. The lowest BCUT2D eigenvalue weighted by Gasteiger charge is -2.14. The van der Waals surface area contributed by atoms with Gasteiger partial charge in [-0.05, 0) is 40.5 Å². The molecule has 1 aromatic heterocycles. The molecule has 3 heteroatoms. The van der Waals surface area contributed by atoms with E-state index < -0.39 is 0 Å². The molecule has 0 aliphatic rings. The van der Waals surface area contributed by atoms with Gasteiger partial charge in [0.1, 0.15) is 11.0 Å². The van der Waals surface area contributed by atoms with E-state index in [2.05, 4.69) is 78.9 Å². The Morgan fingerprint density at radius 3 is 1.45 bits per heavy atom. The van der Waals surface area contributed by atoms with E-state index in [1.807, 2.05) is 48.5 Å². The van der Waals surface area contributed by atoms with Gasteiger partial charge in [0.25, 0.3) is 0 Å². The summed E-state index contributed by atoms with van der Waals surface area (Å²) in [6.45, 7) is 0. The summed E-state index contributed by atoms with van der Waals surface area (Å²) in [6, 6.07) is 43.8. The summed E-state index contributed by atoms with van der Waals surface area (Å²) in [5.41, 5.74) is 9.45.